The molecule has 1 saturated heterocycles. The van der Waals surface area contributed by atoms with E-state index in [4.69, 9.17) is 0 Å². The maximum absolute atomic E-state index is 12.5. The highest BCUT2D eigenvalue weighted by atomic mass is 16.2. The summed E-state index contributed by atoms with van der Waals surface area (Å²) in [5.74, 6) is 0.148. The number of benzene rings is 1. The number of hydrogen-bond donors (Lipinski definition) is 0. The predicted octanol–water partition coefficient (Wildman–Crippen LogP) is 2.89. The number of carbonyl (C=O) groups excluding carboxylic acids is 1. The second kappa shape index (κ2) is 5.49. The third-order valence-electron chi connectivity index (χ3n) is 3.98. The van der Waals surface area contributed by atoms with Gasteiger partial charge in [-0.2, -0.15) is 0 Å². The monoisotopic (exact) mass is 269 g/mol. The van der Waals surface area contributed by atoms with Crippen molar-refractivity contribution in [3.05, 3.63) is 48.5 Å². The largest absolute Gasteiger partial charge is 0.336 e. The number of piperidine rings is 1. The van der Waals surface area contributed by atoms with Crippen molar-refractivity contribution in [2.75, 3.05) is 6.54 Å². The second-order valence-electron chi connectivity index (χ2n) is 5.36. The quantitative estimate of drug-likeness (QED) is 0.840. The van der Waals surface area contributed by atoms with Crippen LogP contribution in [0.25, 0.3) is 5.69 Å². The summed E-state index contributed by atoms with van der Waals surface area (Å²) >= 11 is 0. The van der Waals surface area contributed by atoms with Crippen LogP contribution in [0, 0.1) is 0 Å². The van der Waals surface area contributed by atoms with Crippen molar-refractivity contribution in [3.8, 4) is 5.69 Å². The molecule has 1 aliphatic heterocycles. The van der Waals surface area contributed by atoms with E-state index >= 15 is 0 Å². The Labute approximate surface area is 119 Å². The molecule has 0 saturated carbocycles. The number of rotatable bonds is 2. The number of likely N-dealkylation sites (tertiary alicyclic amines) is 1. The molecule has 4 heteroatoms. The minimum atomic E-state index is 0.148. The maximum Gasteiger partial charge on any atom is 0.254 e. The average molecular weight is 269 g/mol. The first kappa shape index (κ1) is 12.9. The Morgan fingerprint density at radius 2 is 2.05 bits per heavy atom. The lowest BCUT2D eigenvalue weighted by molar-refractivity contribution is 0.0635. The Bertz CT molecular complexity index is 574. The van der Waals surface area contributed by atoms with Gasteiger partial charge in [0.15, 0.2) is 0 Å². The molecule has 1 aromatic heterocycles. The highest BCUT2D eigenvalue weighted by molar-refractivity contribution is 5.94. The first-order valence-corrected chi connectivity index (χ1v) is 7.15. The van der Waals surface area contributed by atoms with E-state index in [-0.39, 0.29) is 5.91 Å². The zero-order valence-electron chi connectivity index (χ0n) is 11.7. The summed E-state index contributed by atoms with van der Waals surface area (Å²) in [6.07, 6.45) is 8.84. The van der Waals surface area contributed by atoms with Gasteiger partial charge >= 0.3 is 0 Å². The van der Waals surface area contributed by atoms with Crippen LogP contribution in [0.2, 0.25) is 0 Å². The lowest BCUT2D eigenvalue weighted by Crippen LogP contribution is -2.42. The Balaban J connectivity index is 1.78. The normalized spacial score (nSPS) is 19.1. The highest BCUT2D eigenvalue weighted by Crippen LogP contribution is 2.20. The molecule has 20 heavy (non-hydrogen) atoms. The topological polar surface area (TPSA) is 38.1 Å². The fourth-order valence-electron chi connectivity index (χ4n) is 2.75. The molecule has 0 spiro atoms. The number of hydrogen-bond acceptors (Lipinski definition) is 2. The third-order valence-corrected chi connectivity index (χ3v) is 3.98. The summed E-state index contributed by atoms with van der Waals surface area (Å²) in [6, 6.07) is 8.08. The lowest BCUT2D eigenvalue weighted by atomic mass is 10.0. The summed E-state index contributed by atoms with van der Waals surface area (Å²) in [5, 5.41) is 0. The number of imidazole rings is 1. The molecule has 2 aromatic rings. The van der Waals surface area contributed by atoms with Gasteiger partial charge in [0, 0.05) is 36.2 Å². The molecular weight excluding hydrogens is 250 g/mol. The molecule has 2 heterocycles. The van der Waals surface area contributed by atoms with Crippen LogP contribution in [-0.2, 0) is 0 Å². The van der Waals surface area contributed by atoms with Gasteiger partial charge in [-0.25, -0.2) is 4.98 Å². The summed E-state index contributed by atoms with van der Waals surface area (Å²) in [5.41, 5.74) is 1.79. The van der Waals surface area contributed by atoms with E-state index in [1.54, 1.807) is 12.5 Å². The van der Waals surface area contributed by atoms with Crippen LogP contribution in [0.4, 0.5) is 0 Å². The van der Waals surface area contributed by atoms with Crippen molar-refractivity contribution < 1.29 is 4.79 Å². The molecule has 104 valence electrons. The number of aromatic nitrogens is 2. The minimum Gasteiger partial charge on any atom is -0.336 e. The standard InChI is InChI=1S/C16H19N3O/c1-13-4-2-3-10-19(13)16(20)14-5-7-15(8-6-14)18-11-9-17-12-18/h5-9,11-13H,2-4,10H2,1H3. The smallest absolute Gasteiger partial charge is 0.254 e. The Hall–Kier alpha value is -2.10. The van der Waals surface area contributed by atoms with E-state index in [1.807, 2.05) is 39.9 Å². The van der Waals surface area contributed by atoms with E-state index in [9.17, 15) is 4.79 Å². The molecule has 3 rings (SSSR count). The molecular formula is C16H19N3O. The van der Waals surface area contributed by atoms with Gasteiger partial charge in [-0.3, -0.25) is 4.79 Å². The van der Waals surface area contributed by atoms with Crippen molar-refractivity contribution >= 4 is 5.91 Å². The first-order valence-electron chi connectivity index (χ1n) is 7.15. The molecule has 4 nitrogen and oxygen atoms in total. The zero-order chi connectivity index (χ0) is 13.9. The molecule has 0 radical (unpaired) electrons. The van der Waals surface area contributed by atoms with Crippen LogP contribution in [0.3, 0.4) is 0 Å². The van der Waals surface area contributed by atoms with Gasteiger partial charge in [0.05, 0.1) is 6.33 Å². The Kier molecular flexibility index (Phi) is 3.54. The number of amides is 1. The van der Waals surface area contributed by atoms with Crippen molar-refractivity contribution in [2.24, 2.45) is 0 Å². The van der Waals surface area contributed by atoms with Crippen LogP contribution >= 0.6 is 0 Å². The van der Waals surface area contributed by atoms with Crippen LogP contribution in [0.15, 0.2) is 43.0 Å². The van der Waals surface area contributed by atoms with E-state index in [1.165, 1.54) is 6.42 Å². The fourth-order valence-corrected chi connectivity index (χ4v) is 2.75. The summed E-state index contributed by atoms with van der Waals surface area (Å²) in [4.78, 5) is 18.5. The van der Waals surface area contributed by atoms with Crippen molar-refractivity contribution in [1.29, 1.82) is 0 Å². The SMILES string of the molecule is CC1CCCCN1C(=O)c1ccc(-n2ccnc2)cc1. The molecule has 0 aliphatic carbocycles. The third kappa shape index (κ3) is 2.46. The lowest BCUT2D eigenvalue weighted by Gasteiger charge is -2.33. The summed E-state index contributed by atoms with van der Waals surface area (Å²) in [6.45, 7) is 3.01. The number of nitrogens with zero attached hydrogens (tertiary/aromatic N) is 3. The van der Waals surface area contributed by atoms with Gasteiger partial charge in [0.2, 0.25) is 0 Å². The van der Waals surface area contributed by atoms with Crippen molar-refractivity contribution in [3.63, 3.8) is 0 Å². The molecule has 1 atom stereocenters. The van der Waals surface area contributed by atoms with E-state index in [0.29, 0.717) is 6.04 Å². The van der Waals surface area contributed by atoms with Crippen molar-refractivity contribution in [2.45, 2.75) is 32.2 Å². The molecule has 1 aromatic carbocycles. The molecule has 0 N–H and O–H groups in total. The van der Waals surface area contributed by atoms with E-state index < -0.39 is 0 Å². The summed E-state index contributed by atoms with van der Waals surface area (Å²) < 4.78 is 1.93. The van der Waals surface area contributed by atoms with Gasteiger partial charge in [0.25, 0.3) is 5.91 Å². The predicted molar refractivity (Wildman–Crippen MR) is 77.9 cm³/mol. The highest BCUT2D eigenvalue weighted by Gasteiger charge is 2.23. The molecule has 0 bridgehead atoms. The fraction of sp³-hybridized carbons (Fsp3) is 0.375. The Morgan fingerprint density at radius 1 is 1.25 bits per heavy atom. The van der Waals surface area contributed by atoms with E-state index in [0.717, 1.165) is 30.6 Å². The van der Waals surface area contributed by atoms with Gasteiger partial charge in [-0.15, -0.1) is 0 Å². The Morgan fingerprint density at radius 3 is 2.70 bits per heavy atom. The maximum atomic E-state index is 12.5. The molecule has 1 amide bonds. The second-order valence-corrected chi connectivity index (χ2v) is 5.36. The minimum absolute atomic E-state index is 0.148. The van der Waals surface area contributed by atoms with Gasteiger partial charge in [0.1, 0.15) is 0 Å². The zero-order valence-corrected chi connectivity index (χ0v) is 11.7. The van der Waals surface area contributed by atoms with E-state index in [2.05, 4.69) is 11.9 Å². The molecule has 1 fully saturated rings. The first-order chi connectivity index (χ1) is 9.75. The van der Waals surface area contributed by atoms with Crippen LogP contribution in [0.5, 0.6) is 0 Å². The van der Waals surface area contributed by atoms with Gasteiger partial charge in [-0.1, -0.05) is 0 Å². The van der Waals surface area contributed by atoms with Crippen LogP contribution < -0.4 is 0 Å². The van der Waals surface area contributed by atoms with Crippen LogP contribution in [-0.4, -0.2) is 32.9 Å². The van der Waals surface area contributed by atoms with Crippen molar-refractivity contribution in [1.82, 2.24) is 14.5 Å². The molecule has 1 unspecified atom stereocenters. The van der Waals surface area contributed by atoms with Gasteiger partial charge < -0.3 is 9.47 Å². The van der Waals surface area contributed by atoms with Gasteiger partial charge in [-0.05, 0) is 50.5 Å². The number of carbonyl (C=O) groups is 1. The average Bonchev–Trinajstić information content (AvgIpc) is 3.01. The van der Waals surface area contributed by atoms with Crippen LogP contribution in [0.1, 0.15) is 36.5 Å². The molecule has 1 aliphatic rings. The summed E-state index contributed by atoms with van der Waals surface area (Å²) in [7, 11) is 0.